The highest BCUT2D eigenvalue weighted by molar-refractivity contribution is 9.10. The first-order valence-corrected chi connectivity index (χ1v) is 6.72. The molecule has 7 heteroatoms. The number of nitro groups is 1. The van der Waals surface area contributed by atoms with Gasteiger partial charge >= 0.3 is 5.97 Å². The molecular formula is C14H11BrN2O4. The van der Waals surface area contributed by atoms with Crippen LogP contribution in [0.5, 0.6) is 0 Å². The molecule has 2 N–H and O–H groups in total. The van der Waals surface area contributed by atoms with E-state index in [0.717, 1.165) is 0 Å². The van der Waals surface area contributed by atoms with E-state index in [-0.39, 0.29) is 11.3 Å². The number of carbonyl (C=O) groups is 1. The maximum atomic E-state index is 11.1. The zero-order valence-electron chi connectivity index (χ0n) is 11.0. The quantitative estimate of drug-likeness (QED) is 0.639. The summed E-state index contributed by atoms with van der Waals surface area (Å²) in [7, 11) is 0. The highest BCUT2D eigenvalue weighted by Gasteiger charge is 2.12. The van der Waals surface area contributed by atoms with Crippen molar-refractivity contribution in [2.24, 2.45) is 0 Å². The van der Waals surface area contributed by atoms with Crippen LogP contribution in [-0.2, 0) is 0 Å². The lowest BCUT2D eigenvalue weighted by atomic mass is 10.1. The second-order valence-electron chi connectivity index (χ2n) is 4.38. The molecule has 0 fully saturated rings. The smallest absolute Gasteiger partial charge is 0.336 e. The minimum Gasteiger partial charge on any atom is -0.478 e. The number of nitro benzene ring substituents is 1. The Bertz CT molecular complexity index is 731. The van der Waals surface area contributed by atoms with Crippen LogP contribution in [0.4, 0.5) is 17.1 Å². The number of carboxylic acid groups (broad SMARTS) is 1. The van der Waals surface area contributed by atoms with Crippen molar-refractivity contribution >= 4 is 39.0 Å². The second-order valence-corrected chi connectivity index (χ2v) is 5.24. The zero-order valence-corrected chi connectivity index (χ0v) is 12.5. The molecule has 0 atom stereocenters. The van der Waals surface area contributed by atoms with Crippen LogP contribution in [0, 0.1) is 17.0 Å². The number of hydrogen-bond acceptors (Lipinski definition) is 4. The van der Waals surface area contributed by atoms with Gasteiger partial charge in [0.15, 0.2) is 0 Å². The van der Waals surface area contributed by atoms with Crippen molar-refractivity contribution in [2.45, 2.75) is 6.92 Å². The van der Waals surface area contributed by atoms with Gasteiger partial charge < -0.3 is 10.4 Å². The fourth-order valence-corrected chi connectivity index (χ4v) is 2.29. The number of aromatic carboxylic acids is 1. The van der Waals surface area contributed by atoms with Gasteiger partial charge in [0, 0.05) is 27.5 Å². The molecule has 0 aliphatic rings. The van der Waals surface area contributed by atoms with E-state index in [2.05, 4.69) is 21.2 Å². The highest BCUT2D eigenvalue weighted by atomic mass is 79.9. The molecule has 0 radical (unpaired) electrons. The monoisotopic (exact) mass is 350 g/mol. The molecule has 21 heavy (non-hydrogen) atoms. The summed E-state index contributed by atoms with van der Waals surface area (Å²) in [5.74, 6) is -1.04. The predicted molar refractivity (Wildman–Crippen MR) is 82.2 cm³/mol. The van der Waals surface area contributed by atoms with Crippen molar-refractivity contribution in [1.82, 2.24) is 0 Å². The number of anilines is 2. The van der Waals surface area contributed by atoms with Crippen LogP contribution in [0.15, 0.2) is 40.9 Å². The summed E-state index contributed by atoms with van der Waals surface area (Å²) in [5, 5.41) is 22.9. The molecular weight excluding hydrogens is 340 g/mol. The minimum absolute atomic E-state index is 0.0441. The summed E-state index contributed by atoms with van der Waals surface area (Å²) < 4.78 is 0.487. The van der Waals surface area contributed by atoms with E-state index >= 15 is 0 Å². The zero-order chi connectivity index (χ0) is 15.6. The molecule has 108 valence electrons. The van der Waals surface area contributed by atoms with Gasteiger partial charge in [-0.25, -0.2) is 4.79 Å². The molecule has 0 aliphatic carbocycles. The number of halogens is 1. The standard InChI is InChI=1S/C14H11BrN2O4/c1-8-6-9(3-5-13(8)17(20)21)16-10-2-4-12(15)11(7-10)14(18)19/h2-7,16H,1H3,(H,18,19). The van der Waals surface area contributed by atoms with E-state index in [0.29, 0.717) is 21.4 Å². The lowest BCUT2D eigenvalue weighted by Crippen LogP contribution is -2.00. The maximum absolute atomic E-state index is 11.1. The summed E-state index contributed by atoms with van der Waals surface area (Å²) in [6, 6.07) is 9.46. The maximum Gasteiger partial charge on any atom is 0.336 e. The van der Waals surface area contributed by atoms with Crippen LogP contribution in [0.2, 0.25) is 0 Å². The molecule has 0 saturated heterocycles. The predicted octanol–water partition coefficient (Wildman–Crippen LogP) is 4.11. The Morgan fingerprint density at radius 1 is 1.24 bits per heavy atom. The van der Waals surface area contributed by atoms with E-state index in [1.54, 1.807) is 31.2 Å². The lowest BCUT2D eigenvalue weighted by molar-refractivity contribution is -0.385. The van der Waals surface area contributed by atoms with Crippen molar-refractivity contribution in [2.75, 3.05) is 5.32 Å². The Morgan fingerprint density at radius 2 is 1.86 bits per heavy atom. The van der Waals surface area contributed by atoms with E-state index in [1.165, 1.54) is 12.1 Å². The van der Waals surface area contributed by atoms with Crippen molar-refractivity contribution in [3.05, 3.63) is 62.1 Å². The summed E-state index contributed by atoms with van der Waals surface area (Å²) in [4.78, 5) is 21.4. The molecule has 0 bridgehead atoms. The Balaban J connectivity index is 2.30. The van der Waals surface area contributed by atoms with E-state index in [9.17, 15) is 14.9 Å². The molecule has 0 unspecified atom stereocenters. The first kappa shape index (κ1) is 15.0. The Kier molecular flexibility index (Phi) is 4.23. The number of rotatable bonds is 4. The number of aryl methyl sites for hydroxylation is 1. The third-order valence-electron chi connectivity index (χ3n) is 2.88. The first-order chi connectivity index (χ1) is 9.88. The average molecular weight is 351 g/mol. The Hall–Kier alpha value is -2.41. The molecule has 0 spiro atoms. The van der Waals surface area contributed by atoms with Crippen LogP contribution in [0.1, 0.15) is 15.9 Å². The summed E-state index contributed by atoms with van der Waals surface area (Å²) in [5.41, 5.74) is 1.95. The summed E-state index contributed by atoms with van der Waals surface area (Å²) in [6.45, 7) is 1.65. The minimum atomic E-state index is -1.04. The fourth-order valence-electron chi connectivity index (χ4n) is 1.87. The highest BCUT2D eigenvalue weighted by Crippen LogP contribution is 2.26. The average Bonchev–Trinajstić information content (AvgIpc) is 2.40. The van der Waals surface area contributed by atoms with E-state index in [1.807, 2.05) is 0 Å². The topological polar surface area (TPSA) is 92.5 Å². The van der Waals surface area contributed by atoms with Gasteiger partial charge in [-0.15, -0.1) is 0 Å². The van der Waals surface area contributed by atoms with E-state index in [4.69, 9.17) is 5.11 Å². The summed E-state index contributed by atoms with van der Waals surface area (Å²) >= 11 is 3.17. The fraction of sp³-hybridized carbons (Fsp3) is 0.0714. The Labute approximate surface area is 128 Å². The number of nitrogens with one attached hydrogen (secondary N) is 1. The molecule has 2 rings (SSSR count). The number of hydrogen-bond donors (Lipinski definition) is 2. The van der Waals surface area contributed by atoms with Gasteiger partial charge in [-0.1, -0.05) is 0 Å². The van der Waals surface area contributed by atoms with E-state index < -0.39 is 10.9 Å². The number of benzene rings is 2. The first-order valence-electron chi connectivity index (χ1n) is 5.93. The molecule has 0 aliphatic heterocycles. The lowest BCUT2D eigenvalue weighted by Gasteiger charge is -2.09. The molecule has 0 heterocycles. The second kappa shape index (κ2) is 5.92. The molecule has 6 nitrogen and oxygen atoms in total. The number of carboxylic acids is 1. The van der Waals surface area contributed by atoms with Crippen molar-refractivity contribution in [3.8, 4) is 0 Å². The SMILES string of the molecule is Cc1cc(Nc2ccc(Br)c(C(=O)O)c2)ccc1[N+](=O)[O-]. The van der Waals surface area contributed by atoms with Crippen LogP contribution in [0.25, 0.3) is 0 Å². The van der Waals surface area contributed by atoms with Gasteiger partial charge in [0.2, 0.25) is 0 Å². The van der Waals surface area contributed by atoms with Crippen molar-refractivity contribution in [1.29, 1.82) is 0 Å². The van der Waals surface area contributed by atoms with Gasteiger partial charge in [-0.3, -0.25) is 10.1 Å². The van der Waals surface area contributed by atoms with Gasteiger partial charge in [-0.2, -0.15) is 0 Å². The van der Waals surface area contributed by atoms with Gasteiger partial charge in [0.25, 0.3) is 5.69 Å². The molecule has 0 aromatic heterocycles. The molecule has 2 aromatic carbocycles. The van der Waals surface area contributed by atoms with Crippen LogP contribution < -0.4 is 5.32 Å². The summed E-state index contributed by atoms with van der Waals surface area (Å²) in [6.07, 6.45) is 0. The molecule has 2 aromatic rings. The molecule has 0 saturated carbocycles. The van der Waals surface area contributed by atoms with Crippen LogP contribution >= 0.6 is 15.9 Å². The van der Waals surface area contributed by atoms with Gasteiger partial charge in [0.05, 0.1) is 10.5 Å². The molecule has 0 amide bonds. The van der Waals surface area contributed by atoms with Gasteiger partial charge in [-0.05, 0) is 53.2 Å². The third-order valence-corrected chi connectivity index (χ3v) is 3.57. The third kappa shape index (κ3) is 3.38. The van der Waals surface area contributed by atoms with Gasteiger partial charge in [0.1, 0.15) is 0 Å². The largest absolute Gasteiger partial charge is 0.478 e. The van der Waals surface area contributed by atoms with Crippen LogP contribution in [0.3, 0.4) is 0 Å². The normalized spacial score (nSPS) is 10.2. The number of nitrogens with zero attached hydrogens (tertiary/aromatic N) is 1. The van der Waals surface area contributed by atoms with Crippen molar-refractivity contribution in [3.63, 3.8) is 0 Å². The Morgan fingerprint density at radius 3 is 2.43 bits per heavy atom. The van der Waals surface area contributed by atoms with Crippen LogP contribution in [-0.4, -0.2) is 16.0 Å². The van der Waals surface area contributed by atoms with Crippen molar-refractivity contribution < 1.29 is 14.8 Å².